The lowest BCUT2D eigenvalue weighted by molar-refractivity contribution is 0.0303. The highest BCUT2D eigenvalue weighted by Crippen LogP contribution is 2.25. The van der Waals surface area contributed by atoms with Crippen molar-refractivity contribution in [3.05, 3.63) is 53.7 Å². The molecule has 4 rings (SSSR count). The van der Waals surface area contributed by atoms with Gasteiger partial charge in [0, 0.05) is 36.4 Å². The summed E-state index contributed by atoms with van der Waals surface area (Å²) < 4.78 is 5.30. The van der Waals surface area contributed by atoms with Gasteiger partial charge in [-0.2, -0.15) is 0 Å². The van der Waals surface area contributed by atoms with Gasteiger partial charge in [-0.25, -0.2) is 9.97 Å². The number of pyridine rings is 2. The normalized spacial score (nSPS) is 14.2. The lowest BCUT2D eigenvalue weighted by Crippen LogP contribution is -2.40. The van der Waals surface area contributed by atoms with Gasteiger partial charge in [0.2, 0.25) is 0 Å². The van der Waals surface area contributed by atoms with E-state index >= 15 is 0 Å². The molecule has 132 valence electrons. The highest BCUT2D eigenvalue weighted by Gasteiger charge is 2.19. The monoisotopic (exact) mass is 367 g/mol. The van der Waals surface area contributed by atoms with Gasteiger partial charge in [-0.3, -0.25) is 9.78 Å². The molecule has 3 aromatic rings. The highest BCUT2D eigenvalue weighted by molar-refractivity contribution is 7.14. The van der Waals surface area contributed by atoms with E-state index in [0.29, 0.717) is 42.8 Å². The van der Waals surface area contributed by atoms with Crippen molar-refractivity contribution in [2.45, 2.75) is 0 Å². The Morgan fingerprint density at radius 3 is 2.81 bits per heavy atom. The van der Waals surface area contributed by atoms with E-state index in [9.17, 15) is 4.79 Å². The third kappa shape index (κ3) is 3.71. The number of hydrogen-bond donors (Lipinski definition) is 1. The zero-order valence-corrected chi connectivity index (χ0v) is 14.8. The van der Waals surface area contributed by atoms with Crippen LogP contribution in [0.2, 0.25) is 0 Å². The summed E-state index contributed by atoms with van der Waals surface area (Å²) in [5.74, 6) is 0.582. The second-order valence-corrected chi connectivity index (χ2v) is 6.57. The Labute approximate surface area is 154 Å². The zero-order chi connectivity index (χ0) is 17.8. The minimum atomic E-state index is -0.00735. The smallest absolute Gasteiger partial charge is 0.254 e. The number of hydrogen-bond acceptors (Lipinski definition) is 7. The average molecular weight is 367 g/mol. The summed E-state index contributed by atoms with van der Waals surface area (Å²) in [4.78, 5) is 27.5. The maximum Gasteiger partial charge on any atom is 0.254 e. The minimum Gasteiger partial charge on any atom is -0.378 e. The average Bonchev–Trinajstić information content (AvgIpc) is 3.17. The molecule has 1 saturated heterocycles. The lowest BCUT2D eigenvalue weighted by Gasteiger charge is -2.26. The number of morpholine rings is 1. The molecule has 1 aliphatic rings. The predicted octanol–water partition coefficient (Wildman–Crippen LogP) is 2.82. The second kappa shape index (κ2) is 7.59. The molecule has 0 saturated carbocycles. The number of thiazole rings is 1. The molecule has 4 heterocycles. The minimum absolute atomic E-state index is 0.00735. The summed E-state index contributed by atoms with van der Waals surface area (Å²) in [6.07, 6.45) is 3.37. The SMILES string of the molecule is O=C(c1ccnc(Nc2nc(-c3ccccn3)cs2)c1)N1CCOCC1. The van der Waals surface area contributed by atoms with Crippen LogP contribution < -0.4 is 5.32 Å². The Balaban J connectivity index is 1.49. The van der Waals surface area contributed by atoms with E-state index in [2.05, 4.69) is 20.3 Å². The maximum absolute atomic E-state index is 12.6. The first-order valence-corrected chi connectivity index (χ1v) is 9.14. The van der Waals surface area contributed by atoms with E-state index in [-0.39, 0.29) is 5.91 Å². The van der Waals surface area contributed by atoms with E-state index in [0.717, 1.165) is 11.4 Å². The van der Waals surface area contributed by atoms with Gasteiger partial charge >= 0.3 is 0 Å². The summed E-state index contributed by atoms with van der Waals surface area (Å²) >= 11 is 1.47. The first kappa shape index (κ1) is 16.6. The van der Waals surface area contributed by atoms with Gasteiger partial charge in [-0.15, -0.1) is 11.3 Å². The molecule has 1 amide bonds. The molecule has 0 aromatic carbocycles. The molecule has 0 bridgehead atoms. The number of anilines is 2. The Kier molecular flexibility index (Phi) is 4.85. The number of carbonyl (C=O) groups is 1. The Morgan fingerprint density at radius 2 is 2.00 bits per heavy atom. The number of nitrogens with one attached hydrogen (secondary N) is 1. The molecule has 26 heavy (non-hydrogen) atoms. The van der Waals surface area contributed by atoms with Crippen LogP contribution in [0.4, 0.5) is 10.9 Å². The fourth-order valence-electron chi connectivity index (χ4n) is 2.65. The van der Waals surface area contributed by atoms with Crippen LogP contribution in [0, 0.1) is 0 Å². The van der Waals surface area contributed by atoms with Gasteiger partial charge in [-0.1, -0.05) is 6.07 Å². The van der Waals surface area contributed by atoms with Crippen LogP contribution in [0.1, 0.15) is 10.4 Å². The third-order valence-corrected chi connectivity index (χ3v) is 4.73. The van der Waals surface area contributed by atoms with Crippen LogP contribution in [0.15, 0.2) is 48.1 Å². The summed E-state index contributed by atoms with van der Waals surface area (Å²) in [6, 6.07) is 9.19. The van der Waals surface area contributed by atoms with Crippen molar-refractivity contribution in [3.63, 3.8) is 0 Å². The first-order chi connectivity index (χ1) is 12.8. The van der Waals surface area contributed by atoms with Gasteiger partial charge in [0.15, 0.2) is 5.13 Å². The molecular formula is C18H17N5O2S. The van der Waals surface area contributed by atoms with Crippen LogP contribution in [0.3, 0.4) is 0 Å². The molecule has 7 nitrogen and oxygen atoms in total. The molecule has 3 aromatic heterocycles. The second-order valence-electron chi connectivity index (χ2n) is 5.71. The number of ether oxygens (including phenoxy) is 1. The van der Waals surface area contributed by atoms with Crippen molar-refractivity contribution in [1.82, 2.24) is 19.9 Å². The van der Waals surface area contributed by atoms with E-state index in [4.69, 9.17) is 4.74 Å². The molecule has 0 atom stereocenters. The van der Waals surface area contributed by atoms with Gasteiger partial charge in [-0.05, 0) is 24.3 Å². The van der Waals surface area contributed by atoms with Crippen molar-refractivity contribution in [2.24, 2.45) is 0 Å². The Bertz CT molecular complexity index is 893. The Morgan fingerprint density at radius 1 is 1.12 bits per heavy atom. The third-order valence-electron chi connectivity index (χ3n) is 3.97. The van der Waals surface area contributed by atoms with Crippen molar-refractivity contribution in [3.8, 4) is 11.4 Å². The molecule has 8 heteroatoms. The molecule has 1 aliphatic heterocycles. The molecule has 0 aliphatic carbocycles. The van der Waals surface area contributed by atoms with Crippen LogP contribution in [0.25, 0.3) is 11.4 Å². The summed E-state index contributed by atoms with van der Waals surface area (Å²) in [5.41, 5.74) is 2.23. The molecular weight excluding hydrogens is 350 g/mol. The van der Waals surface area contributed by atoms with E-state index in [1.807, 2.05) is 23.6 Å². The number of nitrogens with zero attached hydrogens (tertiary/aromatic N) is 4. The van der Waals surface area contributed by atoms with Crippen LogP contribution in [-0.4, -0.2) is 52.1 Å². The van der Waals surface area contributed by atoms with Gasteiger partial charge in [0.1, 0.15) is 11.5 Å². The van der Waals surface area contributed by atoms with Crippen molar-refractivity contribution in [1.29, 1.82) is 0 Å². The van der Waals surface area contributed by atoms with Gasteiger partial charge in [0.05, 0.1) is 18.9 Å². The fourth-order valence-corrected chi connectivity index (χ4v) is 3.36. The molecule has 0 unspecified atom stereocenters. The van der Waals surface area contributed by atoms with Crippen molar-refractivity contribution >= 4 is 28.2 Å². The fraction of sp³-hybridized carbons (Fsp3) is 0.222. The predicted molar refractivity (Wildman–Crippen MR) is 99.6 cm³/mol. The molecule has 1 fully saturated rings. The molecule has 0 spiro atoms. The number of carbonyl (C=O) groups excluding carboxylic acids is 1. The molecule has 1 N–H and O–H groups in total. The standard InChI is InChI=1S/C18H17N5O2S/c24-17(23-7-9-25-10-8-23)13-4-6-20-16(11-13)22-18-21-15(12-26-18)14-3-1-2-5-19-14/h1-6,11-12H,7-10H2,(H,20,21,22). The van der Waals surface area contributed by atoms with Crippen LogP contribution in [-0.2, 0) is 4.74 Å². The lowest BCUT2D eigenvalue weighted by atomic mass is 10.2. The van der Waals surface area contributed by atoms with E-state index in [1.165, 1.54) is 11.3 Å². The topological polar surface area (TPSA) is 80.2 Å². The largest absolute Gasteiger partial charge is 0.378 e. The van der Waals surface area contributed by atoms with E-state index in [1.54, 1.807) is 29.4 Å². The van der Waals surface area contributed by atoms with Gasteiger partial charge < -0.3 is 15.0 Å². The summed E-state index contributed by atoms with van der Waals surface area (Å²) in [7, 11) is 0. The summed E-state index contributed by atoms with van der Waals surface area (Å²) in [5, 5.41) is 5.81. The van der Waals surface area contributed by atoms with Crippen LogP contribution >= 0.6 is 11.3 Å². The quantitative estimate of drug-likeness (QED) is 0.764. The number of rotatable bonds is 4. The van der Waals surface area contributed by atoms with Crippen molar-refractivity contribution < 1.29 is 9.53 Å². The Hall–Kier alpha value is -2.84. The van der Waals surface area contributed by atoms with Gasteiger partial charge in [0.25, 0.3) is 5.91 Å². The van der Waals surface area contributed by atoms with E-state index < -0.39 is 0 Å². The van der Waals surface area contributed by atoms with Crippen molar-refractivity contribution in [2.75, 3.05) is 31.6 Å². The number of aromatic nitrogens is 3. The first-order valence-electron chi connectivity index (χ1n) is 8.26. The zero-order valence-electron chi connectivity index (χ0n) is 14.0. The summed E-state index contributed by atoms with van der Waals surface area (Å²) in [6.45, 7) is 2.39. The number of amides is 1. The van der Waals surface area contributed by atoms with Crippen LogP contribution in [0.5, 0.6) is 0 Å². The molecule has 0 radical (unpaired) electrons. The highest BCUT2D eigenvalue weighted by atomic mass is 32.1. The maximum atomic E-state index is 12.6.